The minimum atomic E-state index is -1.13. The largest absolute Gasteiger partial charge is 0.545 e. The second-order valence-electron chi connectivity index (χ2n) is 2.21. The average Bonchev–Trinajstić information content (AvgIpc) is 2.05. The standard InChI is InChI=1S/C8H9NO2/c1-2-9-5-3-4-7(6-9)8(10)11/h3-6H,2H2,1H3. The Kier molecular flexibility index (Phi) is 2.21. The van der Waals surface area contributed by atoms with Gasteiger partial charge in [0.1, 0.15) is 6.54 Å². The van der Waals surface area contributed by atoms with Crippen molar-refractivity contribution in [3.63, 3.8) is 0 Å². The molecule has 3 heteroatoms. The van der Waals surface area contributed by atoms with Crippen LogP contribution >= 0.6 is 0 Å². The molecular weight excluding hydrogens is 142 g/mol. The number of pyridine rings is 1. The van der Waals surface area contributed by atoms with Crippen LogP contribution in [0.2, 0.25) is 0 Å². The van der Waals surface area contributed by atoms with E-state index in [9.17, 15) is 9.90 Å². The number of carbonyl (C=O) groups excluding carboxylic acids is 1. The quantitative estimate of drug-likeness (QED) is 0.527. The molecule has 0 spiro atoms. The number of aromatic carboxylic acids is 1. The Bertz CT molecular complexity index is 271. The molecule has 1 rings (SSSR count). The summed E-state index contributed by atoms with van der Waals surface area (Å²) in [4.78, 5) is 10.3. The Hall–Kier alpha value is -1.38. The number of carboxylic acids is 1. The third-order valence-electron chi connectivity index (χ3n) is 1.46. The van der Waals surface area contributed by atoms with E-state index in [1.54, 1.807) is 16.8 Å². The van der Waals surface area contributed by atoms with Crippen LogP contribution in [0.25, 0.3) is 0 Å². The van der Waals surface area contributed by atoms with Crippen LogP contribution in [-0.2, 0) is 6.54 Å². The molecule has 3 nitrogen and oxygen atoms in total. The van der Waals surface area contributed by atoms with Crippen LogP contribution in [0.1, 0.15) is 17.3 Å². The first kappa shape index (κ1) is 7.72. The van der Waals surface area contributed by atoms with Crippen LogP contribution in [-0.4, -0.2) is 5.97 Å². The second kappa shape index (κ2) is 3.14. The molecule has 1 aromatic rings. The lowest BCUT2D eigenvalue weighted by Gasteiger charge is -1.98. The lowest BCUT2D eigenvalue weighted by atomic mass is 10.3. The van der Waals surface area contributed by atoms with E-state index in [2.05, 4.69) is 0 Å². The summed E-state index contributed by atoms with van der Waals surface area (Å²) in [6.45, 7) is 2.71. The van der Waals surface area contributed by atoms with E-state index in [1.807, 2.05) is 13.1 Å². The van der Waals surface area contributed by atoms with Gasteiger partial charge >= 0.3 is 0 Å². The van der Waals surface area contributed by atoms with Crippen molar-refractivity contribution in [2.24, 2.45) is 0 Å². The van der Waals surface area contributed by atoms with Gasteiger partial charge in [-0.2, -0.15) is 0 Å². The van der Waals surface area contributed by atoms with Crippen molar-refractivity contribution in [2.75, 3.05) is 0 Å². The molecule has 11 heavy (non-hydrogen) atoms. The minimum absolute atomic E-state index is 0.217. The smallest absolute Gasteiger partial charge is 0.177 e. The maximum Gasteiger partial charge on any atom is 0.177 e. The van der Waals surface area contributed by atoms with Gasteiger partial charge in [-0.1, -0.05) is 0 Å². The summed E-state index contributed by atoms with van der Waals surface area (Å²) in [5.41, 5.74) is 0.217. The molecule has 58 valence electrons. The van der Waals surface area contributed by atoms with Crippen molar-refractivity contribution < 1.29 is 14.5 Å². The lowest BCUT2D eigenvalue weighted by molar-refractivity contribution is -0.693. The summed E-state index contributed by atoms with van der Waals surface area (Å²) in [6, 6.07) is 3.20. The van der Waals surface area contributed by atoms with Crippen molar-refractivity contribution in [1.82, 2.24) is 0 Å². The monoisotopic (exact) mass is 151 g/mol. The zero-order chi connectivity index (χ0) is 8.27. The SMILES string of the molecule is CC[n+]1cccc(C(=O)[O-])c1. The van der Waals surface area contributed by atoms with E-state index in [0.29, 0.717) is 0 Å². The van der Waals surface area contributed by atoms with Crippen molar-refractivity contribution in [3.8, 4) is 0 Å². The second-order valence-corrected chi connectivity index (χ2v) is 2.21. The molecule has 0 saturated heterocycles. The van der Waals surface area contributed by atoms with Gasteiger partial charge in [0, 0.05) is 6.07 Å². The van der Waals surface area contributed by atoms with Gasteiger partial charge in [0.25, 0.3) is 0 Å². The van der Waals surface area contributed by atoms with E-state index in [-0.39, 0.29) is 5.56 Å². The molecule has 0 atom stereocenters. The highest BCUT2D eigenvalue weighted by molar-refractivity contribution is 5.84. The zero-order valence-corrected chi connectivity index (χ0v) is 6.28. The molecule has 0 N–H and O–H groups in total. The molecule has 0 fully saturated rings. The van der Waals surface area contributed by atoms with Gasteiger partial charge in [-0.15, -0.1) is 0 Å². The first-order valence-electron chi connectivity index (χ1n) is 3.44. The number of hydrogen-bond acceptors (Lipinski definition) is 2. The van der Waals surface area contributed by atoms with Crippen molar-refractivity contribution in [2.45, 2.75) is 13.5 Å². The molecule has 0 aliphatic carbocycles. The van der Waals surface area contributed by atoms with Gasteiger partial charge in [0.15, 0.2) is 12.4 Å². The van der Waals surface area contributed by atoms with Crippen LogP contribution in [0.5, 0.6) is 0 Å². The first-order valence-corrected chi connectivity index (χ1v) is 3.44. The van der Waals surface area contributed by atoms with E-state index in [1.165, 1.54) is 6.07 Å². The number of carbonyl (C=O) groups is 1. The highest BCUT2D eigenvalue weighted by Gasteiger charge is 1.99. The number of carboxylic acid groups (broad SMARTS) is 1. The maximum absolute atomic E-state index is 10.3. The number of nitrogens with zero attached hydrogens (tertiary/aromatic N) is 1. The molecule has 0 unspecified atom stereocenters. The molecule has 1 aromatic heterocycles. The Balaban J connectivity index is 3.01. The molecule has 1 heterocycles. The van der Waals surface area contributed by atoms with Crippen LogP contribution in [0.3, 0.4) is 0 Å². The number of aryl methyl sites for hydroxylation is 1. The molecule has 0 saturated carbocycles. The number of rotatable bonds is 2. The van der Waals surface area contributed by atoms with E-state index in [4.69, 9.17) is 0 Å². The zero-order valence-electron chi connectivity index (χ0n) is 6.28. The Morgan fingerprint density at radius 2 is 2.45 bits per heavy atom. The van der Waals surface area contributed by atoms with E-state index < -0.39 is 5.97 Å². The predicted molar refractivity (Wildman–Crippen MR) is 36.6 cm³/mol. The van der Waals surface area contributed by atoms with E-state index in [0.717, 1.165) is 6.54 Å². The third kappa shape index (κ3) is 1.77. The minimum Gasteiger partial charge on any atom is -0.545 e. The first-order chi connectivity index (χ1) is 5.24. The summed E-state index contributed by atoms with van der Waals surface area (Å²) in [6.07, 6.45) is 3.36. The van der Waals surface area contributed by atoms with Crippen LogP contribution < -0.4 is 9.67 Å². The summed E-state index contributed by atoms with van der Waals surface area (Å²) in [5.74, 6) is -1.13. The molecule has 0 aliphatic rings. The van der Waals surface area contributed by atoms with Gasteiger partial charge in [0.2, 0.25) is 0 Å². The van der Waals surface area contributed by atoms with E-state index >= 15 is 0 Å². The van der Waals surface area contributed by atoms with Crippen LogP contribution in [0.15, 0.2) is 24.5 Å². The Labute approximate surface area is 64.9 Å². The normalized spacial score (nSPS) is 9.55. The summed E-state index contributed by atoms with van der Waals surface area (Å²) < 4.78 is 1.78. The molecule has 0 aromatic carbocycles. The number of hydrogen-bond donors (Lipinski definition) is 0. The van der Waals surface area contributed by atoms with Gasteiger partial charge in [-0.3, -0.25) is 0 Å². The molecular formula is C8H9NO2. The number of aromatic nitrogens is 1. The van der Waals surface area contributed by atoms with Crippen LogP contribution in [0.4, 0.5) is 0 Å². The average molecular weight is 151 g/mol. The molecule has 0 radical (unpaired) electrons. The fourth-order valence-corrected chi connectivity index (χ4v) is 0.839. The fourth-order valence-electron chi connectivity index (χ4n) is 0.839. The van der Waals surface area contributed by atoms with Crippen LogP contribution in [0, 0.1) is 0 Å². The highest BCUT2D eigenvalue weighted by atomic mass is 16.4. The van der Waals surface area contributed by atoms with Gasteiger partial charge in [-0.05, 0) is 13.0 Å². The Morgan fingerprint density at radius 3 is 3.00 bits per heavy atom. The topological polar surface area (TPSA) is 44.0 Å². The fraction of sp³-hybridized carbons (Fsp3) is 0.250. The van der Waals surface area contributed by atoms with Gasteiger partial charge in [0.05, 0.1) is 11.5 Å². The predicted octanol–water partition coefficient (Wildman–Crippen LogP) is -0.643. The van der Waals surface area contributed by atoms with Crippen molar-refractivity contribution >= 4 is 5.97 Å². The Morgan fingerprint density at radius 1 is 1.73 bits per heavy atom. The molecule has 0 bridgehead atoms. The highest BCUT2D eigenvalue weighted by Crippen LogP contribution is 1.90. The van der Waals surface area contributed by atoms with Gasteiger partial charge < -0.3 is 9.90 Å². The van der Waals surface area contributed by atoms with Crippen molar-refractivity contribution in [1.29, 1.82) is 0 Å². The lowest BCUT2D eigenvalue weighted by Crippen LogP contribution is -2.34. The summed E-state index contributed by atoms with van der Waals surface area (Å²) >= 11 is 0. The summed E-state index contributed by atoms with van der Waals surface area (Å²) in [7, 11) is 0. The third-order valence-corrected chi connectivity index (χ3v) is 1.46. The molecule has 0 aliphatic heterocycles. The molecule has 0 amide bonds. The van der Waals surface area contributed by atoms with Gasteiger partial charge in [-0.25, -0.2) is 4.57 Å². The van der Waals surface area contributed by atoms with Crippen molar-refractivity contribution in [3.05, 3.63) is 30.1 Å². The summed E-state index contributed by atoms with van der Waals surface area (Å²) in [5, 5.41) is 10.3. The maximum atomic E-state index is 10.3.